The molecular weight excluding hydrogens is 847 g/mol. The Hall–Kier alpha value is -9.18. The lowest BCUT2D eigenvalue weighted by atomic mass is 9.67. The number of para-hydroxylation sites is 4. The number of aromatic nitrogens is 3. The van der Waals surface area contributed by atoms with Crippen LogP contribution >= 0.6 is 0 Å². The molecular formula is C67H41N3. The minimum absolute atomic E-state index is 0.478. The quantitative estimate of drug-likeness (QED) is 0.164. The van der Waals surface area contributed by atoms with Crippen molar-refractivity contribution in [2.24, 2.45) is 0 Å². The predicted octanol–water partition coefficient (Wildman–Crippen LogP) is 17.1. The standard InChI is InChI=1S/C67H41N3/c1-3-17-44(18-4-1)67(45-19-5-2-6-20-45)58-26-12-7-21-48(58)49-34-33-46(41-59(49)67)68-60-27-13-8-22-50(60)54-37-42(31-35-64(54)68)43-32-36-65-55(38-43)51-23-9-14-28-61(51)69(65)47-39-56-52-24-10-15-29-62(52)70-63-30-16-11-25-53(63)57(40-47)66(56)70/h1-41H. The van der Waals surface area contributed by atoms with E-state index in [-0.39, 0.29) is 0 Å². The molecule has 1 aliphatic rings. The fourth-order valence-corrected chi connectivity index (χ4v) is 13.0. The molecule has 324 valence electrons. The van der Waals surface area contributed by atoms with Crippen LogP contribution in [0.25, 0.3) is 115 Å². The van der Waals surface area contributed by atoms with Crippen molar-refractivity contribution in [1.29, 1.82) is 0 Å². The van der Waals surface area contributed by atoms with Crippen molar-refractivity contribution < 1.29 is 0 Å². The first-order chi connectivity index (χ1) is 34.7. The summed E-state index contributed by atoms with van der Waals surface area (Å²) in [6, 6.07) is 92.8. The van der Waals surface area contributed by atoms with Crippen LogP contribution in [0.5, 0.6) is 0 Å². The molecule has 0 spiro atoms. The first-order valence-electron chi connectivity index (χ1n) is 24.3. The lowest BCUT2D eigenvalue weighted by molar-refractivity contribution is 0.767. The molecule has 70 heavy (non-hydrogen) atoms. The minimum atomic E-state index is -0.478. The predicted molar refractivity (Wildman–Crippen MR) is 293 cm³/mol. The molecule has 4 aromatic heterocycles. The Morgan fingerprint density at radius 1 is 0.257 bits per heavy atom. The number of rotatable bonds is 5. The van der Waals surface area contributed by atoms with E-state index < -0.39 is 5.41 Å². The number of benzene rings is 11. The molecule has 3 heteroatoms. The highest BCUT2D eigenvalue weighted by Crippen LogP contribution is 2.57. The Morgan fingerprint density at radius 3 is 1.24 bits per heavy atom. The molecule has 0 fully saturated rings. The molecule has 4 heterocycles. The fourth-order valence-electron chi connectivity index (χ4n) is 13.0. The molecule has 0 bridgehead atoms. The summed E-state index contributed by atoms with van der Waals surface area (Å²) in [7, 11) is 0. The summed E-state index contributed by atoms with van der Waals surface area (Å²) in [6.45, 7) is 0. The van der Waals surface area contributed by atoms with Gasteiger partial charge in [0.2, 0.25) is 0 Å². The van der Waals surface area contributed by atoms with Crippen LogP contribution in [0.3, 0.4) is 0 Å². The summed E-state index contributed by atoms with van der Waals surface area (Å²) in [6.07, 6.45) is 0. The van der Waals surface area contributed by atoms with E-state index >= 15 is 0 Å². The third-order valence-corrected chi connectivity index (χ3v) is 15.8. The van der Waals surface area contributed by atoms with Crippen molar-refractivity contribution in [2.75, 3.05) is 0 Å². The van der Waals surface area contributed by atoms with E-state index in [1.807, 2.05) is 0 Å². The molecule has 0 saturated carbocycles. The monoisotopic (exact) mass is 887 g/mol. The first-order valence-corrected chi connectivity index (χ1v) is 24.3. The molecule has 0 unspecified atom stereocenters. The number of fused-ring (bicyclic) bond motifs is 15. The van der Waals surface area contributed by atoms with Crippen LogP contribution in [-0.4, -0.2) is 13.5 Å². The van der Waals surface area contributed by atoms with E-state index in [1.54, 1.807) is 0 Å². The van der Waals surface area contributed by atoms with Gasteiger partial charge in [-0.2, -0.15) is 0 Å². The van der Waals surface area contributed by atoms with E-state index in [2.05, 4.69) is 262 Å². The van der Waals surface area contributed by atoms with Gasteiger partial charge in [-0.05, 0) is 117 Å². The lowest BCUT2D eigenvalue weighted by Gasteiger charge is -2.34. The molecule has 16 rings (SSSR count). The van der Waals surface area contributed by atoms with Crippen LogP contribution in [0.15, 0.2) is 249 Å². The van der Waals surface area contributed by atoms with Gasteiger partial charge in [0, 0.05) is 54.5 Å². The molecule has 15 aromatic rings. The second-order valence-corrected chi connectivity index (χ2v) is 19.2. The summed E-state index contributed by atoms with van der Waals surface area (Å²) in [5.74, 6) is 0. The van der Waals surface area contributed by atoms with Gasteiger partial charge >= 0.3 is 0 Å². The zero-order valence-corrected chi connectivity index (χ0v) is 38.0. The third-order valence-electron chi connectivity index (χ3n) is 15.8. The summed E-state index contributed by atoms with van der Waals surface area (Å²) in [5.41, 5.74) is 20.6. The van der Waals surface area contributed by atoms with Crippen molar-refractivity contribution >= 4 is 81.7 Å². The third kappa shape index (κ3) is 4.88. The van der Waals surface area contributed by atoms with Gasteiger partial charge in [-0.3, -0.25) is 0 Å². The number of hydrogen-bond donors (Lipinski definition) is 0. The van der Waals surface area contributed by atoms with Gasteiger partial charge < -0.3 is 13.5 Å². The molecule has 0 N–H and O–H groups in total. The summed E-state index contributed by atoms with van der Waals surface area (Å²) >= 11 is 0. The maximum absolute atomic E-state index is 2.48. The lowest BCUT2D eigenvalue weighted by Crippen LogP contribution is -2.28. The largest absolute Gasteiger partial charge is 0.309 e. The van der Waals surface area contributed by atoms with E-state index in [0.29, 0.717) is 0 Å². The van der Waals surface area contributed by atoms with Crippen LogP contribution < -0.4 is 0 Å². The highest BCUT2D eigenvalue weighted by Gasteiger charge is 2.46. The van der Waals surface area contributed by atoms with Crippen LogP contribution in [-0.2, 0) is 5.41 Å². The molecule has 0 atom stereocenters. The molecule has 0 radical (unpaired) electrons. The van der Waals surface area contributed by atoms with Gasteiger partial charge in [-0.15, -0.1) is 0 Å². The SMILES string of the molecule is c1ccc(C2(c3ccccc3)c3ccccc3-c3ccc(-n4c5ccccc5c5cc(-c6ccc7c(c6)c6ccccc6n7-c6cc7c8ccccc8n8c9ccccc9c(c6)c78)ccc54)cc32)cc1. The topological polar surface area (TPSA) is 14.3 Å². The van der Waals surface area contributed by atoms with Crippen LogP contribution in [0, 0.1) is 0 Å². The van der Waals surface area contributed by atoms with Gasteiger partial charge in [-0.1, -0.05) is 176 Å². The molecule has 1 aliphatic carbocycles. The Morgan fingerprint density at radius 2 is 0.686 bits per heavy atom. The Labute approximate surface area is 403 Å². The van der Waals surface area contributed by atoms with Crippen molar-refractivity contribution in [2.45, 2.75) is 5.41 Å². The average Bonchev–Trinajstić information content (AvgIpc) is 4.22. The number of nitrogens with zero attached hydrogens (tertiary/aromatic N) is 3. The van der Waals surface area contributed by atoms with E-state index in [9.17, 15) is 0 Å². The highest BCUT2D eigenvalue weighted by molar-refractivity contribution is 6.24. The zero-order valence-electron chi connectivity index (χ0n) is 38.0. The second kappa shape index (κ2) is 13.9. The van der Waals surface area contributed by atoms with Gasteiger partial charge in [0.25, 0.3) is 0 Å². The van der Waals surface area contributed by atoms with Crippen LogP contribution in [0.1, 0.15) is 22.3 Å². The summed E-state index contributed by atoms with van der Waals surface area (Å²) in [5, 5.41) is 10.1. The minimum Gasteiger partial charge on any atom is -0.309 e. The van der Waals surface area contributed by atoms with Gasteiger partial charge in [0.1, 0.15) is 0 Å². The summed E-state index contributed by atoms with van der Waals surface area (Å²) in [4.78, 5) is 0. The normalized spacial score (nSPS) is 13.3. The number of hydrogen-bond acceptors (Lipinski definition) is 0. The highest BCUT2D eigenvalue weighted by atomic mass is 15.0. The van der Waals surface area contributed by atoms with E-state index in [0.717, 1.165) is 5.69 Å². The van der Waals surface area contributed by atoms with Gasteiger partial charge in [0.05, 0.1) is 44.0 Å². The Kier molecular flexibility index (Phi) is 7.54. The maximum Gasteiger partial charge on any atom is 0.0714 e. The summed E-state index contributed by atoms with van der Waals surface area (Å²) < 4.78 is 7.42. The molecule has 0 amide bonds. The van der Waals surface area contributed by atoms with Crippen molar-refractivity contribution in [3.8, 4) is 33.6 Å². The van der Waals surface area contributed by atoms with Crippen LogP contribution in [0.2, 0.25) is 0 Å². The van der Waals surface area contributed by atoms with E-state index in [1.165, 1.54) is 132 Å². The van der Waals surface area contributed by atoms with Crippen molar-refractivity contribution in [3.63, 3.8) is 0 Å². The fraction of sp³-hybridized carbons (Fsp3) is 0.0149. The van der Waals surface area contributed by atoms with Gasteiger partial charge in [0.15, 0.2) is 0 Å². The molecule has 0 aliphatic heterocycles. The van der Waals surface area contributed by atoms with Gasteiger partial charge in [-0.25, -0.2) is 0 Å². The maximum atomic E-state index is 2.48. The van der Waals surface area contributed by atoms with Crippen molar-refractivity contribution in [3.05, 3.63) is 271 Å². The smallest absolute Gasteiger partial charge is 0.0714 e. The molecule has 0 saturated heterocycles. The second-order valence-electron chi connectivity index (χ2n) is 19.2. The van der Waals surface area contributed by atoms with Crippen molar-refractivity contribution in [1.82, 2.24) is 13.5 Å². The Bertz CT molecular complexity index is 4520. The average molecular weight is 888 g/mol. The molecule has 11 aromatic carbocycles. The molecule has 3 nitrogen and oxygen atoms in total. The van der Waals surface area contributed by atoms with Crippen LogP contribution in [0.4, 0.5) is 0 Å². The Balaban J connectivity index is 0.876. The zero-order chi connectivity index (χ0) is 45.7. The first kappa shape index (κ1) is 37.9. The van der Waals surface area contributed by atoms with E-state index in [4.69, 9.17) is 0 Å².